The van der Waals surface area contributed by atoms with E-state index in [4.69, 9.17) is 27.7 Å². The summed E-state index contributed by atoms with van der Waals surface area (Å²) in [4.78, 5) is 19.0. The number of halogens is 2. The summed E-state index contributed by atoms with van der Waals surface area (Å²) < 4.78 is 5.34. The van der Waals surface area contributed by atoms with Gasteiger partial charge in [-0.05, 0) is 47.9 Å². The Balaban J connectivity index is 1.27. The number of nitrogens with one attached hydrogen (secondary N) is 1. The molecular weight excluding hydrogens is 435 g/mol. The zero-order chi connectivity index (χ0) is 21.6. The maximum Gasteiger partial charge on any atom is 0.227 e. The van der Waals surface area contributed by atoms with Crippen LogP contribution in [0.1, 0.15) is 30.1 Å². The Hall–Kier alpha value is -2.67. The fourth-order valence-corrected chi connectivity index (χ4v) is 3.72. The molecule has 1 amide bonds. The van der Waals surface area contributed by atoms with Crippen molar-refractivity contribution in [1.29, 1.82) is 0 Å². The first-order valence-corrected chi connectivity index (χ1v) is 10.8. The Kier molecular flexibility index (Phi) is 7.02. The highest BCUT2D eigenvalue weighted by Crippen LogP contribution is 2.22. The van der Waals surface area contributed by atoms with Crippen LogP contribution in [0.2, 0.25) is 10.0 Å². The molecule has 0 radical (unpaired) electrons. The molecule has 4 rings (SSSR count). The molecule has 0 bridgehead atoms. The van der Waals surface area contributed by atoms with Crippen molar-refractivity contribution in [3.8, 4) is 0 Å². The molecule has 8 heteroatoms. The highest BCUT2D eigenvalue weighted by Gasteiger charge is 2.18. The number of benzene rings is 2. The van der Waals surface area contributed by atoms with E-state index in [9.17, 15) is 4.79 Å². The summed E-state index contributed by atoms with van der Waals surface area (Å²) in [5, 5.41) is 8.23. The molecule has 0 aliphatic carbocycles. The molecule has 2 heterocycles. The number of rotatable bonds is 7. The van der Waals surface area contributed by atoms with E-state index in [1.807, 2.05) is 12.1 Å². The minimum Gasteiger partial charge on any atom is -0.339 e. The number of aryl methyl sites for hydroxylation is 1. The summed E-state index contributed by atoms with van der Waals surface area (Å²) in [5.41, 5.74) is 2.98. The maximum absolute atomic E-state index is 12.1. The van der Waals surface area contributed by atoms with E-state index in [1.165, 1.54) is 5.56 Å². The predicted molar refractivity (Wildman–Crippen MR) is 122 cm³/mol. The topological polar surface area (TPSA) is 71.3 Å². The van der Waals surface area contributed by atoms with Crippen molar-refractivity contribution in [2.24, 2.45) is 0 Å². The van der Waals surface area contributed by atoms with Gasteiger partial charge in [-0.1, -0.05) is 52.6 Å². The van der Waals surface area contributed by atoms with Crippen LogP contribution in [-0.2, 0) is 17.8 Å². The second-order valence-electron chi connectivity index (χ2n) is 7.41. The summed E-state index contributed by atoms with van der Waals surface area (Å²) >= 11 is 11.9. The van der Waals surface area contributed by atoms with Crippen molar-refractivity contribution >= 4 is 40.4 Å². The minimum atomic E-state index is -0.128. The van der Waals surface area contributed by atoms with Crippen molar-refractivity contribution in [2.75, 3.05) is 18.4 Å². The normalized spacial score (nSPS) is 14.3. The van der Waals surface area contributed by atoms with Crippen molar-refractivity contribution < 1.29 is 9.32 Å². The molecule has 1 aromatic heterocycles. The lowest BCUT2D eigenvalue weighted by atomic mass is 10.1. The molecule has 1 N–H and O–H groups in total. The monoisotopic (exact) mass is 456 g/mol. The standard InChI is InChI=1S/C23H22Cl2N4O2/c24-18-6-4-16(5-7-18)15-29-12-10-17(11-13-29)23-27-22(31-28-23)9-8-21(30)26-20-3-1-2-19(25)14-20/h1-7,10,14H,8-9,11-13,15H2,(H,26,30). The largest absolute Gasteiger partial charge is 0.339 e. The van der Waals surface area contributed by atoms with Gasteiger partial charge in [-0.25, -0.2) is 0 Å². The van der Waals surface area contributed by atoms with Gasteiger partial charge in [0, 0.05) is 48.2 Å². The summed E-state index contributed by atoms with van der Waals surface area (Å²) in [7, 11) is 0. The van der Waals surface area contributed by atoms with E-state index < -0.39 is 0 Å². The summed E-state index contributed by atoms with van der Waals surface area (Å²) in [5.74, 6) is 0.939. The van der Waals surface area contributed by atoms with Crippen molar-refractivity contribution in [1.82, 2.24) is 15.0 Å². The van der Waals surface area contributed by atoms with Crippen LogP contribution in [-0.4, -0.2) is 34.0 Å². The van der Waals surface area contributed by atoms with Gasteiger partial charge in [-0.2, -0.15) is 4.98 Å². The minimum absolute atomic E-state index is 0.128. The van der Waals surface area contributed by atoms with Gasteiger partial charge < -0.3 is 9.84 Å². The zero-order valence-corrected chi connectivity index (χ0v) is 18.4. The number of hydrogen-bond donors (Lipinski definition) is 1. The number of nitrogens with zero attached hydrogens (tertiary/aromatic N) is 3. The number of hydrogen-bond acceptors (Lipinski definition) is 5. The number of carbonyl (C=O) groups excluding carboxylic acids is 1. The van der Waals surface area contributed by atoms with Gasteiger partial charge in [-0.15, -0.1) is 0 Å². The highest BCUT2D eigenvalue weighted by molar-refractivity contribution is 6.31. The third-order valence-corrected chi connectivity index (χ3v) is 5.53. The molecule has 1 aliphatic heterocycles. The maximum atomic E-state index is 12.1. The quantitative estimate of drug-likeness (QED) is 0.526. The Morgan fingerprint density at radius 1 is 1.13 bits per heavy atom. The first-order valence-electron chi connectivity index (χ1n) is 10.1. The van der Waals surface area contributed by atoms with Crippen molar-refractivity contribution in [3.05, 3.63) is 81.9 Å². The molecule has 0 fully saturated rings. The molecule has 0 saturated heterocycles. The average Bonchev–Trinajstić information content (AvgIpc) is 3.24. The Morgan fingerprint density at radius 3 is 2.71 bits per heavy atom. The smallest absolute Gasteiger partial charge is 0.227 e. The van der Waals surface area contributed by atoms with Crippen molar-refractivity contribution in [2.45, 2.75) is 25.8 Å². The molecule has 0 spiro atoms. The molecule has 1 aliphatic rings. The second kappa shape index (κ2) is 10.1. The molecule has 3 aromatic rings. The SMILES string of the molecule is O=C(CCc1nc(C2=CCN(Cc3ccc(Cl)cc3)CC2)no1)Nc1cccc(Cl)c1. The summed E-state index contributed by atoms with van der Waals surface area (Å²) in [6.07, 6.45) is 3.62. The Labute approximate surface area is 190 Å². The predicted octanol–water partition coefficient (Wildman–Crippen LogP) is 5.24. The molecule has 0 unspecified atom stereocenters. The number of aromatic nitrogens is 2. The number of carbonyl (C=O) groups is 1. The van der Waals surface area contributed by atoms with E-state index in [2.05, 4.69) is 38.6 Å². The Bertz CT molecular complexity index is 1080. The molecule has 0 saturated carbocycles. The van der Waals surface area contributed by atoms with Crippen LogP contribution in [0.3, 0.4) is 0 Å². The van der Waals surface area contributed by atoms with Crippen LogP contribution in [0.25, 0.3) is 5.57 Å². The van der Waals surface area contributed by atoms with E-state index >= 15 is 0 Å². The van der Waals surface area contributed by atoms with Gasteiger partial charge in [0.2, 0.25) is 11.8 Å². The van der Waals surface area contributed by atoms with Gasteiger partial charge in [0.15, 0.2) is 5.82 Å². The number of amides is 1. The third kappa shape index (κ3) is 6.17. The first-order chi connectivity index (χ1) is 15.0. The zero-order valence-electron chi connectivity index (χ0n) is 16.9. The third-order valence-electron chi connectivity index (χ3n) is 5.04. The molecule has 2 aromatic carbocycles. The van der Waals surface area contributed by atoms with Crippen molar-refractivity contribution in [3.63, 3.8) is 0 Å². The Morgan fingerprint density at radius 2 is 1.97 bits per heavy atom. The van der Waals surface area contributed by atoms with E-state index in [0.717, 1.165) is 36.7 Å². The van der Waals surface area contributed by atoms with E-state index in [1.54, 1.807) is 24.3 Å². The average molecular weight is 457 g/mol. The summed E-state index contributed by atoms with van der Waals surface area (Å²) in [6.45, 7) is 2.62. The van der Waals surface area contributed by atoms with Gasteiger partial charge >= 0.3 is 0 Å². The lowest BCUT2D eigenvalue weighted by Crippen LogP contribution is -2.28. The lowest BCUT2D eigenvalue weighted by molar-refractivity contribution is -0.116. The van der Waals surface area contributed by atoms with Crippen LogP contribution in [0.4, 0.5) is 5.69 Å². The van der Waals surface area contributed by atoms with Crippen LogP contribution in [0, 0.1) is 0 Å². The van der Waals surface area contributed by atoms with Gasteiger partial charge in [0.05, 0.1) is 0 Å². The van der Waals surface area contributed by atoms with Gasteiger partial charge in [0.25, 0.3) is 0 Å². The van der Waals surface area contributed by atoms with Crippen LogP contribution < -0.4 is 5.32 Å². The van der Waals surface area contributed by atoms with Gasteiger partial charge in [0.1, 0.15) is 0 Å². The fourth-order valence-electron chi connectivity index (χ4n) is 3.40. The summed E-state index contributed by atoms with van der Waals surface area (Å²) in [6, 6.07) is 15.0. The highest BCUT2D eigenvalue weighted by atomic mass is 35.5. The van der Waals surface area contributed by atoms with Gasteiger partial charge in [-0.3, -0.25) is 9.69 Å². The molecule has 31 heavy (non-hydrogen) atoms. The van der Waals surface area contributed by atoms with Crippen LogP contribution >= 0.6 is 23.2 Å². The molecule has 6 nitrogen and oxygen atoms in total. The fraction of sp³-hybridized carbons (Fsp3) is 0.261. The van der Waals surface area contributed by atoms with E-state index in [-0.39, 0.29) is 12.3 Å². The van der Waals surface area contributed by atoms with E-state index in [0.29, 0.717) is 28.8 Å². The first kappa shape index (κ1) is 21.6. The number of anilines is 1. The molecule has 160 valence electrons. The molecular formula is C23H22Cl2N4O2. The van der Waals surface area contributed by atoms with Crippen LogP contribution in [0.15, 0.2) is 59.1 Å². The lowest BCUT2D eigenvalue weighted by Gasteiger charge is -2.25. The second-order valence-corrected chi connectivity index (χ2v) is 8.28. The molecule has 0 atom stereocenters. The van der Waals surface area contributed by atoms with Crippen LogP contribution in [0.5, 0.6) is 0 Å².